The van der Waals surface area contributed by atoms with E-state index in [-0.39, 0.29) is 25.0 Å². The van der Waals surface area contributed by atoms with E-state index in [1.807, 2.05) is 34.9 Å². The minimum absolute atomic E-state index is 0.0478. The lowest BCUT2D eigenvalue weighted by atomic mass is 9.89. The van der Waals surface area contributed by atoms with Crippen molar-refractivity contribution in [2.24, 2.45) is 0 Å². The number of halogens is 2. The van der Waals surface area contributed by atoms with Gasteiger partial charge in [0.25, 0.3) is 0 Å². The maximum atomic E-state index is 13.7. The lowest BCUT2D eigenvalue weighted by molar-refractivity contribution is -0.142. The van der Waals surface area contributed by atoms with E-state index in [0.717, 1.165) is 47.7 Å². The summed E-state index contributed by atoms with van der Waals surface area (Å²) in [7, 11) is 0. The van der Waals surface area contributed by atoms with Crippen molar-refractivity contribution in [1.82, 2.24) is 19.8 Å². The first-order valence-electron chi connectivity index (χ1n) is 13.5. The molecule has 0 aliphatic carbocycles. The van der Waals surface area contributed by atoms with Gasteiger partial charge < -0.3 is 19.9 Å². The summed E-state index contributed by atoms with van der Waals surface area (Å²) in [5.41, 5.74) is 3.56. The number of hydrogen-bond donors (Lipinski definition) is 2. The molecule has 2 aromatic heterocycles. The van der Waals surface area contributed by atoms with Crippen molar-refractivity contribution in [2.45, 2.75) is 35.3 Å². The Bertz CT molecular complexity index is 1550. The fraction of sp³-hybridized carbons (Fsp3) is 0.367. The molecule has 0 spiro atoms. The summed E-state index contributed by atoms with van der Waals surface area (Å²) < 4.78 is 5.54. The van der Waals surface area contributed by atoms with Crippen LogP contribution in [0.2, 0.25) is 5.02 Å². The fourth-order valence-corrected chi connectivity index (χ4v) is 6.71. The minimum atomic E-state index is -0.617. The lowest BCUT2D eigenvalue weighted by Crippen LogP contribution is -2.59. The summed E-state index contributed by atoms with van der Waals surface area (Å²) >= 11 is 8.70. The molecule has 2 aliphatic heterocycles. The van der Waals surface area contributed by atoms with Crippen LogP contribution < -0.4 is 5.32 Å². The van der Waals surface area contributed by atoms with Crippen molar-refractivity contribution in [3.8, 4) is 0 Å². The maximum absolute atomic E-state index is 13.7. The normalized spacial score (nSPS) is 22.6. The summed E-state index contributed by atoms with van der Waals surface area (Å²) in [6.07, 6.45) is 5.37. The molecule has 0 bridgehead atoms. The number of nitrogens with one attached hydrogen (secondary N) is 2. The Morgan fingerprint density at radius 1 is 1.18 bits per heavy atom. The number of aromatic nitrogens is 2. The molecule has 1 unspecified atom stereocenters. The van der Waals surface area contributed by atoms with E-state index in [0.29, 0.717) is 23.2 Å². The van der Waals surface area contributed by atoms with E-state index in [2.05, 4.69) is 62.1 Å². The van der Waals surface area contributed by atoms with Crippen LogP contribution in [0.5, 0.6) is 0 Å². The highest BCUT2D eigenvalue weighted by Gasteiger charge is 2.40. The van der Waals surface area contributed by atoms with Crippen molar-refractivity contribution in [3.63, 3.8) is 0 Å². The fourth-order valence-electron chi connectivity index (χ4n) is 5.88. The van der Waals surface area contributed by atoms with Crippen LogP contribution in [0.4, 0.5) is 5.69 Å². The number of carbonyl (C=O) groups is 2. The molecule has 8 nitrogen and oxygen atoms in total. The van der Waals surface area contributed by atoms with Gasteiger partial charge in [-0.15, -0.1) is 0 Å². The van der Waals surface area contributed by atoms with Crippen molar-refractivity contribution >= 4 is 73.5 Å². The van der Waals surface area contributed by atoms with Gasteiger partial charge in [0, 0.05) is 41.6 Å². The molecule has 4 aromatic rings. The minimum Gasteiger partial charge on any atom is -0.361 e. The van der Waals surface area contributed by atoms with Gasteiger partial charge in [-0.3, -0.25) is 19.5 Å². The number of fused-ring (bicyclic) bond motifs is 3. The number of alkyl halides is 1. The topological polar surface area (TPSA) is 90.6 Å². The van der Waals surface area contributed by atoms with E-state index in [1.54, 1.807) is 18.5 Å². The van der Waals surface area contributed by atoms with Gasteiger partial charge in [0.1, 0.15) is 9.65 Å². The largest absolute Gasteiger partial charge is 0.361 e. The van der Waals surface area contributed by atoms with E-state index >= 15 is 0 Å². The molecular formula is C30H31ClIN5O3. The van der Waals surface area contributed by atoms with Gasteiger partial charge in [-0.25, -0.2) is 0 Å². The molecule has 208 valence electrons. The SMILES string of the molecule is CC1(I)CN(CC(=O)N2CCC(c3ccccc3)CC2)[C@H](C(=O)Nc2cc(Cl)cc3c2[nH]c2cnccc23)CO1. The first-order chi connectivity index (χ1) is 19.3. The Kier molecular flexibility index (Phi) is 7.73. The molecule has 2 aliphatic rings. The number of H-pyrrole nitrogens is 1. The monoisotopic (exact) mass is 671 g/mol. The van der Waals surface area contributed by atoms with Crippen LogP contribution in [-0.4, -0.2) is 74.0 Å². The lowest BCUT2D eigenvalue weighted by Gasteiger charge is -2.42. The molecule has 4 heterocycles. The third-order valence-corrected chi connectivity index (χ3v) is 8.83. The number of ether oxygens (including phenoxy) is 1. The van der Waals surface area contributed by atoms with E-state index < -0.39 is 9.65 Å². The van der Waals surface area contributed by atoms with Gasteiger partial charge in [-0.05, 0) is 72.0 Å². The Morgan fingerprint density at radius 3 is 2.73 bits per heavy atom. The number of benzene rings is 2. The van der Waals surface area contributed by atoms with Crippen LogP contribution >= 0.6 is 34.2 Å². The number of piperidine rings is 1. The van der Waals surface area contributed by atoms with Crippen molar-refractivity contribution in [1.29, 1.82) is 0 Å². The molecule has 2 saturated heterocycles. The maximum Gasteiger partial charge on any atom is 0.244 e. The molecular weight excluding hydrogens is 641 g/mol. The molecule has 2 N–H and O–H groups in total. The quantitative estimate of drug-likeness (QED) is 0.214. The van der Waals surface area contributed by atoms with Gasteiger partial charge in [0.15, 0.2) is 0 Å². The van der Waals surface area contributed by atoms with E-state index in [4.69, 9.17) is 16.3 Å². The number of likely N-dealkylation sites (tertiary alicyclic amines) is 1. The third-order valence-electron chi connectivity index (χ3n) is 7.96. The number of anilines is 1. The molecule has 2 aromatic carbocycles. The molecule has 0 saturated carbocycles. The van der Waals surface area contributed by atoms with Gasteiger partial charge in [0.05, 0.1) is 36.1 Å². The van der Waals surface area contributed by atoms with Crippen molar-refractivity contribution in [2.75, 3.05) is 38.1 Å². The van der Waals surface area contributed by atoms with Gasteiger partial charge in [0.2, 0.25) is 11.8 Å². The summed E-state index contributed by atoms with van der Waals surface area (Å²) in [4.78, 5) is 38.6. The average Bonchev–Trinajstić information content (AvgIpc) is 3.32. The van der Waals surface area contributed by atoms with Gasteiger partial charge in [-0.2, -0.15) is 0 Å². The Morgan fingerprint density at radius 2 is 1.95 bits per heavy atom. The Hall–Kier alpha value is -2.73. The first kappa shape index (κ1) is 27.4. The van der Waals surface area contributed by atoms with Gasteiger partial charge in [-0.1, -0.05) is 41.9 Å². The molecule has 2 amide bonds. The number of pyridine rings is 1. The molecule has 2 atom stereocenters. The van der Waals surface area contributed by atoms with Gasteiger partial charge >= 0.3 is 0 Å². The molecule has 10 heteroatoms. The standard InChI is InChI=1S/C30H31ClIN5O3/c1-30(32)18-37(16-27(38)36-11-8-20(9-12-36)19-5-3-2-4-6-19)26(17-40-30)29(39)35-24-14-21(31)13-23-22-7-10-33-15-25(22)34-28(23)24/h2-7,10,13-15,20,26,34H,8-9,11-12,16-18H2,1H3,(H,35,39)/t26-,30?/m0/s1. The van der Waals surface area contributed by atoms with Crippen molar-refractivity contribution < 1.29 is 14.3 Å². The molecule has 0 radical (unpaired) electrons. The summed E-state index contributed by atoms with van der Waals surface area (Å²) in [5, 5.41) is 5.47. The molecule has 2 fully saturated rings. The van der Waals surface area contributed by atoms with E-state index in [1.165, 1.54) is 5.56 Å². The van der Waals surface area contributed by atoms with Crippen molar-refractivity contribution in [3.05, 3.63) is 71.5 Å². The van der Waals surface area contributed by atoms with E-state index in [9.17, 15) is 9.59 Å². The molecule has 40 heavy (non-hydrogen) atoms. The zero-order chi connectivity index (χ0) is 27.9. The summed E-state index contributed by atoms with van der Waals surface area (Å²) in [5.74, 6) is 0.286. The number of hydrogen-bond acceptors (Lipinski definition) is 5. The van der Waals surface area contributed by atoms with Crippen LogP contribution in [0.1, 0.15) is 31.2 Å². The number of morpholine rings is 1. The predicted molar refractivity (Wildman–Crippen MR) is 166 cm³/mol. The highest BCUT2D eigenvalue weighted by atomic mass is 127. The highest BCUT2D eigenvalue weighted by Crippen LogP contribution is 2.34. The van der Waals surface area contributed by atoms with Crippen LogP contribution in [0.15, 0.2) is 60.9 Å². The summed E-state index contributed by atoms with van der Waals surface area (Å²) in [6.45, 7) is 4.23. The second kappa shape index (κ2) is 11.3. The Balaban J connectivity index is 1.17. The number of carbonyl (C=O) groups excluding carboxylic acids is 2. The van der Waals surface area contributed by atoms with Crippen LogP contribution in [0.3, 0.4) is 0 Å². The number of aromatic amines is 1. The zero-order valence-corrected chi connectivity index (χ0v) is 25.1. The number of amides is 2. The molecule has 6 rings (SSSR count). The highest BCUT2D eigenvalue weighted by molar-refractivity contribution is 14.1. The van der Waals surface area contributed by atoms with Crippen LogP contribution in [0, 0.1) is 0 Å². The van der Waals surface area contributed by atoms with Crippen LogP contribution in [0.25, 0.3) is 21.8 Å². The number of nitrogens with zero attached hydrogens (tertiary/aromatic N) is 3. The zero-order valence-electron chi connectivity index (χ0n) is 22.2. The first-order valence-corrected chi connectivity index (χ1v) is 15.0. The predicted octanol–water partition coefficient (Wildman–Crippen LogP) is 5.57. The smallest absolute Gasteiger partial charge is 0.244 e. The summed E-state index contributed by atoms with van der Waals surface area (Å²) in [6, 6.07) is 15.4. The number of rotatable bonds is 5. The average molecular weight is 672 g/mol. The van der Waals surface area contributed by atoms with Crippen LogP contribution in [-0.2, 0) is 14.3 Å². The second-order valence-electron chi connectivity index (χ2n) is 10.8. The Labute approximate surface area is 251 Å². The third kappa shape index (κ3) is 5.70. The second-order valence-corrected chi connectivity index (χ2v) is 13.5.